The van der Waals surface area contributed by atoms with Crippen LogP contribution in [0, 0.1) is 0 Å². The van der Waals surface area contributed by atoms with Crippen LogP contribution in [0.25, 0.3) is 0 Å². The third kappa shape index (κ3) is 3.18. The van der Waals surface area contributed by atoms with Gasteiger partial charge in [-0.25, -0.2) is 0 Å². The third-order valence-corrected chi connectivity index (χ3v) is 1.95. The maximum atomic E-state index is 11.2. The van der Waals surface area contributed by atoms with Gasteiger partial charge in [-0.05, 0) is 12.5 Å². The first-order valence-corrected chi connectivity index (χ1v) is 4.57. The van der Waals surface area contributed by atoms with Gasteiger partial charge in [0.1, 0.15) is 6.61 Å². The van der Waals surface area contributed by atoms with E-state index in [9.17, 15) is 4.79 Å². The number of carbonyl (C=O) groups is 1. The summed E-state index contributed by atoms with van der Waals surface area (Å²) in [7, 11) is 1.51. The smallest absolute Gasteiger partial charge is 0.246 e. The fourth-order valence-corrected chi connectivity index (χ4v) is 1.24. The van der Waals surface area contributed by atoms with Gasteiger partial charge in [-0.15, -0.1) is 0 Å². The summed E-state index contributed by atoms with van der Waals surface area (Å²) < 4.78 is 4.73. The Labute approximate surface area is 84.1 Å². The molecule has 0 heterocycles. The Kier molecular flexibility index (Phi) is 4.13. The highest BCUT2D eigenvalue weighted by molar-refractivity contribution is 5.77. The summed E-state index contributed by atoms with van der Waals surface area (Å²) in [6.07, 6.45) is 0. The Morgan fingerprint density at radius 2 is 2.07 bits per heavy atom. The number of hydrogen-bond donors (Lipinski definition) is 1. The van der Waals surface area contributed by atoms with Crippen LogP contribution in [0.5, 0.6) is 0 Å². The van der Waals surface area contributed by atoms with E-state index in [1.807, 2.05) is 37.3 Å². The molecular formula is C11H15NO2. The second-order valence-electron chi connectivity index (χ2n) is 3.13. The summed E-state index contributed by atoms with van der Waals surface area (Å²) in [6.45, 7) is 2.06. The molecule has 0 aliphatic carbocycles. The van der Waals surface area contributed by atoms with Gasteiger partial charge in [0.15, 0.2) is 0 Å². The lowest BCUT2D eigenvalue weighted by Crippen LogP contribution is -2.29. The van der Waals surface area contributed by atoms with E-state index in [1.165, 1.54) is 7.11 Å². The van der Waals surface area contributed by atoms with E-state index in [-0.39, 0.29) is 18.6 Å². The summed E-state index contributed by atoms with van der Waals surface area (Å²) in [5, 5.41) is 2.83. The average Bonchev–Trinajstić information content (AvgIpc) is 2.19. The summed E-state index contributed by atoms with van der Waals surface area (Å²) >= 11 is 0. The lowest BCUT2D eigenvalue weighted by molar-refractivity contribution is -0.125. The quantitative estimate of drug-likeness (QED) is 0.787. The zero-order chi connectivity index (χ0) is 10.4. The number of hydrogen-bond acceptors (Lipinski definition) is 2. The fourth-order valence-electron chi connectivity index (χ4n) is 1.24. The first-order valence-electron chi connectivity index (χ1n) is 4.57. The Morgan fingerprint density at radius 3 is 2.64 bits per heavy atom. The number of rotatable bonds is 4. The number of amides is 1. The van der Waals surface area contributed by atoms with Crippen molar-refractivity contribution in [1.29, 1.82) is 0 Å². The molecule has 76 valence electrons. The highest BCUT2D eigenvalue weighted by atomic mass is 16.5. The van der Waals surface area contributed by atoms with Crippen molar-refractivity contribution < 1.29 is 9.53 Å². The molecule has 0 saturated carbocycles. The molecule has 0 aliphatic heterocycles. The van der Waals surface area contributed by atoms with Gasteiger partial charge < -0.3 is 10.1 Å². The van der Waals surface area contributed by atoms with E-state index in [4.69, 9.17) is 4.74 Å². The lowest BCUT2D eigenvalue weighted by Gasteiger charge is -2.13. The van der Waals surface area contributed by atoms with Crippen molar-refractivity contribution in [1.82, 2.24) is 5.32 Å². The van der Waals surface area contributed by atoms with Crippen LogP contribution in [0.4, 0.5) is 0 Å². The second-order valence-corrected chi connectivity index (χ2v) is 3.13. The normalized spacial score (nSPS) is 12.1. The molecule has 0 aliphatic rings. The molecule has 1 atom stereocenters. The van der Waals surface area contributed by atoms with E-state index >= 15 is 0 Å². The molecule has 3 heteroatoms. The SMILES string of the molecule is COCC(=O)N[C@@H](C)c1ccccc1. The first kappa shape index (κ1) is 10.7. The van der Waals surface area contributed by atoms with Crippen LogP contribution in [-0.4, -0.2) is 19.6 Å². The maximum Gasteiger partial charge on any atom is 0.246 e. The lowest BCUT2D eigenvalue weighted by atomic mass is 10.1. The highest BCUT2D eigenvalue weighted by Crippen LogP contribution is 2.10. The van der Waals surface area contributed by atoms with Crippen molar-refractivity contribution in [3.63, 3.8) is 0 Å². The number of methoxy groups -OCH3 is 1. The Balaban J connectivity index is 2.50. The van der Waals surface area contributed by atoms with Crippen LogP contribution in [0.2, 0.25) is 0 Å². The number of carbonyl (C=O) groups excluding carboxylic acids is 1. The molecule has 0 fully saturated rings. The molecule has 0 unspecified atom stereocenters. The molecule has 3 nitrogen and oxygen atoms in total. The van der Waals surface area contributed by atoms with Crippen molar-refractivity contribution in [2.45, 2.75) is 13.0 Å². The molecule has 1 aromatic rings. The standard InChI is InChI=1S/C11H15NO2/c1-9(12-11(13)8-14-2)10-6-4-3-5-7-10/h3-7,9H,8H2,1-2H3,(H,12,13)/t9-/m0/s1. The van der Waals surface area contributed by atoms with Crippen LogP contribution in [-0.2, 0) is 9.53 Å². The monoisotopic (exact) mass is 193 g/mol. The topological polar surface area (TPSA) is 38.3 Å². The van der Waals surface area contributed by atoms with Gasteiger partial charge in [0.25, 0.3) is 0 Å². The van der Waals surface area contributed by atoms with Gasteiger partial charge in [-0.1, -0.05) is 30.3 Å². The number of benzene rings is 1. The Bertz CT molecular complexity index is 285. The minimum atomic E-state index is -0.0937. The molecule has 1 amide bonds. The largest absolute Gasteiger partial charge is 0.375 e. The molecule has 0 aromatic heterocycles. The van der Waals surface area contributed by atoms with Gasteiger partial charge >= 0.3 is 0 Å². The average molecular weight is 193 g/mol. The highest BCUT2D eigenvalue weighted by Gasteiger charge is 2.07. The van der Waals surface area contributed by atoms with Gasteiger partial charge in [0.05, 0.1) is 6.04 Å². The molecule has 1 aromatic carbocycles. The molecule has 0 saturated heterocycles. The fraction of sp³-hybridized carbons (Fsp3) is 0.364. The van der Waals surface area contributed by atoms with Crippen LogP contribution >= 0.6 is 0 Å². The second kappa shape index (κ2) is 5.40. The summed E-state index contributed by atoms with van der Waals surface area (Å²) in [5.74, 6) is -0.0937. The van der Waals surface area contributed by atoms with Crippen molar-refractivity contribution in [2.75, 3.05) is 13.7 Å². The van der Waals surface area contributed by atoms with Crippen LogP contribution in [0.3, 0.4) is 0 Å². The molecule has 0 spiro atoms. The Morgan fingerprint density at radius 1 is 1.43 bits per heavy atom. The number of ether oxygens (including phenoxy) is 1. The van der Waals surface area contributed by atoms with E-state index in [1.54, 1.807) is 0 Å². The summed E-state index contributed by atoms with van der Waals surface area (Å²) in [6, 6.07) is 9.85. The predicted molar refractivity (Wildman–Crippen MR) is 54.9 cm³/mol. The minimum Gasteiger partial charge on any atom is -0.375 e. The Hall–Kier alpha value is -1.35. The van der Waals surface area contributed by atoms with E-state index in [0.717, 1.165) is 5.56 Å². The van der Waals surface area contributed by atoms with Gasteiger partial charge in [-0.2, -0.15) is 0 Å². The molecule has 0 radical (unpaired) electrons. The van der Waals surface area contributed by atoms with E-state index < -0.39 is 0 Å². The predicted octanol–water partition coefficient (Wildman–Crippen LogP) is 1.51. The molecular weight excluding hydrogens is 178 g/mol. The number of nitrogens with one attached hydrogen (secondary N) is 1. The molecule has 1 N–H and O–H groups in total. The van der Waals surface area contributed by atoms with Gasteiger partial charge in [-0.3, -0.25) is 4.79 Å². The van der Waals surface area contributed by atoms with Crippen LogP contribution in [0.1, 0.15) is 18.5 Å². The molecule has 1 rings (SSSR count). The van der Waals surface area contributed by atoms with Crippen molar-refractivity contribution >= 4 is 5.91 Å². The van der Waals surface area contributed by atoms with E-state index in [0.29, 0.717) is 0 Å². The molecule has 14 heavy (non-hydrogen) atoms. The van der Waals surface area contributed by atoms with Gasteiger partial charge in [0, 0.05) is 7.11 Å². The maximum absolute atomic E-state index is 11.2. The zero-order valence-corrected chi connectivity index (χ0v) is 8.49. The first-order chi connectivity index (χ1) is 6.74. The minimum absolute atomic E-state index is 0.0267. The molecule has 0 bridgehead atoms. The van der Waals surface area contributed by atoms with Gasteiger partial charge in [0.2, 0.25) is 5.91 Å². The van der Waals surface area contributed by atoms with Crippen molar-refractivity contribution in [2.24, 2.45) is 0 Å². The van der Waals surface area contributed by atoms with Crippen LogP contribution < -0.4 is 5.32 Å². The van der Waals surface area contributed by atoms with Crippen molar-refractivity contribution in [3.05, 3.63) is 35.9 Å². The summed E-state index contributed by atoms with van der Waals surface area (Å²) in [4.78, 5) is 11.2. The zero-order valence-electron chi connectivity index (χ0n) is 8.49. The van der Waals surface area contributed by atoms with Crippen LogP contribution in [0.15, 0.2) is 30.3 Å². The summed E-state index contributed by atoms with van der Waals surface area (Å²) in [5.41, 5.74) is 1.09. The van der Waals surface area contributed by atoms with E-state index in [2.05, 4.69) is 5.32 Å². The third-order valence-electron chi connectivity index (χ3n) is 1.95. The van der Waals surface area contributed by atoms with Crippen molar-refractivity contribution in [3.8, 4) is 0 Å².